The highest BCUT2D eigenvalue weighted by molar-refractivity contribution is 6.33. The van der Waals surface area contributed by atoms with Gasteiger partial charge in [0.2, 0.25) is 5.91 Å². The molecule has 2 aliphatic heterocycles. The number of nitrogens with zero attached hydrogens (tertiary/aromatic N) is 7. The summed E-state index contributed by atoms with van der Waals surface area (Å²) < 4.78 is 36.0. The SMILES string of the molecule is CCOC(=O)CN(C)C(=O)C=Cc1oc2cc(Cl)c(Oc3ccncc3C(=O)N3CCN(C4CC4)c4ccc(-c5oc6cc(Cl)c(Oc7ccncc7C(=O)N7CCN(C8CC8)c8ccccc87)cc6c5CCC(=O)OC)cc43)cc2c1C. The molecule has 0 unspecified atom stereocenters. The number of likely N-dealkylation sites (N-methyl/N-ethyl adjacent to an activating group) is 1. The first kappa shape index (κ1) is 54.7. The molecule has 2 fully saturated rings. The van der Waals surface area contributed by atoms with Crippen molar-refractivity contribution < 1.29 is 51.8 Å². The van der Waals surface area contributed by atoms with Crippen LogP contribution in [0.3, 0.4) is 0 Å². The van der Waals surface area contributed by atoms with E-state index in [1.807, 2.05) is 43.3 Å². The Bertz CT molecular complexity index is 3940. The van der Waals surface area contributed by atoms with Crippen LogP contribution in [0.4, 0.5) is 22.7 Å². The first-order valence-corrected chi connectivity index (χ1v) is 28.3. The molecular weight excluding hydrogens is 1100 g/mol. The van der Waals surface area contributed by atoms with Gasteiger partial charge in [0.05, 0.1) is 46.5 Å². The van der Waals surface area contributed by atoms with Crippen LogP contribution in [0.1, 0.15) is 76.6 Å². The second-order valence-corrected chi connectivity index (χ2v) is 21.7. The van der Waals surface area contributed by atoms with Crippen molar-refractivity contribution in [1.82, 2.24) is 14.9 Å². The minimum atomic E-state index is -0.515. The number of fused-ring (bicyclic) bond motifs is 4. The lowest BCUT2D eigenvalue weighted by molar-refractivity contribution is -0.147. The smallest absolute Gasteiger partial charge is 0.325 e. The summed E-state index contributed by atoms with van der Waals surface area (Å²) >= 11 is 13.9. The van der Waals surface area contributed by atoms with Gasteiger partial charge in [0.25, 0.3) is 11.8 Å². The van der Waals surface area contributed by atoms with Crippen LogP contribution in [0.5, 0.6) is 23.0 Å². The monoisotopic (exact) mass is 1160 g/mol. The molecular formula is C63H57Cl2N7O11. The number of methoxy groups -OCH3 is 1. The quantitative estimate of drug-likeness (QED) is 0.0617. The minimum Gasteiger partial charge on any atom is -0.469 e. The number of carbonyl (C=O) groups is 5. The number of aromatic nitrogens is 2. The summed E-state index contributed by atoms with van der Waals surface area (Å²) in [7, 11) is 2.84. The topological polar surface area (TPSA) is 191 Å². The molecule has 2 aliphatic carbocycles. The van der Waals surface area contributed by atoms with Crippen molar-refractivity contribution in [2.45, 2.75) is 64.5 Å². The van der Waals surface area contributed by atoms with Gasteiger partial charge in [-0.05, 0) is 107 Å². The molecule has 20 heteroatoms. The van der Waals surface area contributed by atoms with E-state index < -0.39 is 17.8 Å². The Morgan fingerprint density at radius 3 is 1.87 bits per heavy atom. The molecule has 12 rings (SSSR count). The fourth-order valence-corrected chi connectivity index (χ4v) is 11.4. The maximum Gasteiger partial charge on any atom is 0.325 e. The number of para-hydroxylation sites is 2. The Labute approximate surface area is 487 Å². The predicted octanol–water partition coefficient (Wildman–Crippen LogP) is 12.2. The number of benzene rings is 4. The molecule has 4 aliphatic rings. The fraction of sp³-hybridized carbons (Fsp3) is 0.286. The van der Waals surface area contributed by atoms with E-state index in [2.05, 4.69) is 25.8 Å². The van der Waals surface area contributed by atoms with Gasteiger partial charge in [-0.2, -0.15) is 0 Å². The highest BCUT2D eigenvalue weighted by Gasteiger charge is 2.39. The molecule has 0 radical (unpaired) electrons. The molecule has 0 saturated heterocycles. The van der Waals surface area contributed by atoms with Gasteiger partial charge < -0.3 is 52.3 Å². The highest BCUT2D eigenvalue weighted by atomic mass is 35.5. The van der Waals surface area contributed by atoms with Gasteiger partial charge in [-0.15, -0.1) is 0 Å². The zero-order chi connectivity index (χ0) is 57.6. The van der Waals surface area contributed by atoms with E-state index in [1.54, 1.807) is 59.3 Å². The maximum absolute atomic E-state index is 15.2. The molecule has 0 spiro atoms. The Hall–Kier alpha value is -8.87. The second-order valence-electron chi connectivity index (χ2n) is 20.9. The number of furan rings is 2. The number of hydrogen-bond acceptors (Lipinski definition) is 15. The first-order valence-electron chi connectivity index (χ1n) is 27.5. The van der Waals surface area contributed by atoms with Crippen molar-refractivity contribution in [3.8, 4) is 34.3 Å². The molecule has 0 atom stereocenters. The van der Waals surface area contributed by atoms with E-state index in [4.69, 9.17) is 51.0 Å². The number of pyridine rings is 2. The van der Waals surface area contributed by atoms with Gasteiger partial charge >= 0.3 is 11.9 Å². The number of ether oxygens (including phenoxy) is 4. The van der Waals surface area contributed by atoms with Crippen molar-refractivity contribution in [1.29, 1.82) is 0 Å². The third-order valence-corrected chi connectivity index (χ3v) is 16.1. The molecule has 83 heavy (non-hydrogen) atoms. The van der Waals surface area contributed by atoms with Gasteiger partial charge in [0.15, 0.2) is 0 Å². The minimum absolute atomic E-state index is 0.0260. The summed E-state index contributed by atoms with van der Waals surface area (Å²) in [4.78, 5) is 85.5. The Morgan fingerprint density at radius 1 is 0.687 bits per heavy atom. The van der Waals surface area contributed by atoms with Crippen LogP contribution in [0, 0.1) is 6.92 Å². The number of halogens is 2. The number of esters is 2. The van der Waals surface area contributed by atoms with E-state index in [-0.39, 0.29) is 82.0 Å². The molecule has 3 amide bonds. The summed E-state index contributed by atoms with van der Waals surface area (Å²) in [6.45, 7) is 5.66. The molecule has 0 N–H and O–H groups in total. The molecule has 8 aromatic rings. The van der Waals surface area contributed by atoms with E-state index in [0.717, 1.165) is 42.7 Å². The first-order chi connectivity index (χ1) is 40.3. The lowest BCUT2D eigenvalue weighted by Crippen LogP contribution is -2.45. The number of carbonyl (C=O) groups excluding carboxylic acids is 5. The largest absolute Gasteiger partial charge is 0.469 e. The molecule has 0 bridgehead atoms. The van der Waals surface area contributed by atoms with Crippen molar-refractivity contribution >= 4 is 104 Å². The van der Waals surface area contributed by atoms with E-state index in [0.29, 0.717) is 94.1 Å². The third kappa shape index (κ3) is 10.9. The van der Waals surface area contributed by atoms with E-state index >= 15 is 4.79 Å². The zero-order valence-electron chi connectivity index (χ0n) is 46.0. The fourth-order valence-electron chi connectivity index (χ4n) is 11.0. The number of anilines is 4. The van der Waals surface area contributed by atoms with Crippen LogP contribution < -0.4 is 29.1 Å². The Morgan fingerprint density at radius 2 is 1.27 bits per heavy atom. The summed E-state index contributed by atoms with van der Waals surface area (Å²) in [5.41, 5.74) is 6.69. The second kappa shape index (κ2) is 22.8. The van der Waals surface area contributed by atoms with Crippen molar-refractivity contribution in [3.63, 3.8) is 0 Å². The normalized spacial score (nSPS) is 14.9. The number of aryl methyl sites for hydroxylation is 2. The van der Waals surface area contributed by atoms with Crippen molar-refractivity contribution in [3.05, 3.63) is 148 Å². The van der Waals surface area contributed by atoms with Gasteiger partial charge in [-0.25, -0.2) is 0 Å². The van der Waals surface area contributed by atoms with Gasteiger partial charge in [-0.1, -0.05) is 35.3 Å². The van der Waals surface area contributed by atoms with Gasteiger partial charge in [0, 0.05) is 122 Å². The molecule has 4 aromatic carbocycles. The molecule has 2 saturated carbocycles. The van der Waals surface area contributed by atoms with Crippen LogP contribution in [-0.2, 0) is 30.3 Å². The van der Waals surface area contributed by atoms with E-state index in [9.17, 15) is 19.2 Å². The lowest BCUT2D eigenvalue weighted by atomic mass is 9.99. The molecule has 18 nitrogen and oxygen atoms in total. The van der Waals surface area contributed by atoms with Crippen LogP contribution >= 0.6 is 23.2 Å². The average Bonchev–Trinajstić information content (AvgIpc) is 4.60. The van der Waals surface area contributed by atoms with Gasteiger partial charge in [0.1, 0.15) is 63.4 Å². The molecule has 424 valence electrons. The Balaban J connectivity index is 0.850. The standard InChI is InChI=1S/C63H57Cl2N7O11/c1-5-79-60(75)35-68(3)58(73)18-17-51-36(2)41-29-56(45(64)31-54(41)80-51)81-53-21-23-67-34-44(53)63(77)72-27-25-70(39-13-14-39)49-16-10-37(28-50(49)72)61-40(15-19-59(74)78-4)42-30-57(46(65)32-55(42)83-61)82-52-20-22-66-33-43(52)62(76)71-26-24-69(38-11-12-38)47-8-6-7-9-48(47)71/h6-10,16-18,20-23,28-34,38-39H,5,11-15,19,24-27,35H2,1-4H3. The Kier molecular flexibility index (Phi) is 15.0. The summed E-state index contributed by atoms with van der Waals surface area (Å²) in [6.07, 6.45) is 13.5. The summed E-state index contributed by atoms with van der Waals surface area (Å²) in [5.74, 6) is -0.143. The number of hydrogen-bond donors (Lipinski definition) is 0. The maximum atomic E-state index is 15.2. The van der Waals surface area contributed by atoms with Crippen LogP contribution in [0.2, 0.25) is 10.0 Å². The molecule has 4 aromatic heterocycles. The van der Waals surface area contributed by atoms with Crippen molar-refractivity contribution in [2.24, 2.45) is 0 Å². The predicted molar refractivity (Wildman–Crippen MR) is 315 cm³/mol. The number of rotatable bonds is 17. The highest BCUT2D eigenvalue weighted by Crippen LogP contribution is 2.48. The number of amides is 3. The van der Waals surface area contributed by atoms with E-state index in [1.165, 1.54) is 49.8 Å². The van der Waals surface area contributed by atoms with Crippen LogP contribution in [0.25, 0.3) is 39.3 Å². The van der Waals surface area contributed by atoms with Gasteiger partial charge in [-0.3, -0.25) is 33.9 Å². The summed E-state index contributed by atoms with van der Waals surface area (Å²) in [5, 5.41) is 1.71. The van der Waals surface area contributed by atoms with Crippen LogP contribution in [-0.4, -0.2) is 110 Å². The zero-order valence-corrected chi connectivity index (χ0v) is 47.5. The average molecular weight is 1160 g/mol. The third-order valence-electron chi connectivity index (χ3n) is 15.5. The summed E-state index contributed by atoms with van der Waals surface area (Å²) in [6, 6.07) is 24.6. The van der Waals surface area contributed by atoms with Crippen LogP contribution in [0.15, 0.2) is 119 Å². The lowest BCUT2D eigenvalue weighted by Gasteiger charge is -2.38. The molecule has 6 heterocycles. The van der Waals surface area contributed by atoms with Crippen molar-refractivity contribution in [2.75, 3.05) is 73.1 Å².